The normalized spacial score (nSPS) is 12.3. The highest BCUT2D eigenvalue weighted by Gasteiger charge is 1.98. The molecule has 0 bridgehead atoms. The molecule has 1 aromatic carbocycles. The Balaban J connectivity index is 2.05. The maximum Gasteiger partial charge on any atom is 0.203 e. The first-order chi connectivity index (χ1) is 7.74. The molecule has 0 aliphatic heterocycles. The molecule has 6 heteroatoms. The van der Waals surface area contributed by atoms with Gasteiger partial charge in [-0.1, -0.05) is 12.1 Å². The van der Waals surface area contributed by atoms with E-state index in [4.69, 9.17) is 4.18 Å². The number of benzene rings is 1. The van der Waals surface area contributed by atoms with Crippen molar-refractivity contribution in [2.45, 2.75) is 6.54 Å². The van der Waals surface area contributed by atoms with E-state index in [-0.39, 0.29) is 0 Å². The Morgan fingerprint density at radius 2 is 1.88 bits per heavy atom. The van der Waals surface area contributed by atoms with Gasteiger partial charge in [0.05, 0.1) is 0 Å². The SMILES string of the molecule is CS(=O)Oc1ccc(Cn2cnnc2)cc1. The van der Waals surface area contributed by atoms with Crippen LogP contribution in [0.5, 0.6) is 5.75 Å². The maximum atomic E-state index is 10.8. The summed E-state index contributed by atoms with van der Waals surface area (Å²) in [5.41, 5.74) is 1.11. The predicted octanol–water partition coefficient (Wildman–Crippen LogP) is 0.999. The van der Waals surface area contributed by atoms with Crippen molar-refractivity contribution in [2.24, 2.45) is 0 Å². The Morgan fingerprint density at radius 3 is 2.44 bits per heavy atom. The number of hydrogen-bond donors (Lipinski definition) is 0. The van der Waals surface area contributed by atoms with Crippen molar-refractivity contribution >= 4 is 11.1 Å². The quantitative estimate of drug-likeness (QED) is 0.796. The Morgan fingerprint density at radius 1 is 1.25 bits per heavy atom. The number of hydrogen-bond acceptors (Lipinski definition) is 4. The van der Waals surface area contributed by atoms with Gasteiger partial charge in [-0.05, 0) is 17.7 Å². The van der Waals surface area contributed by atoms with Gasteiger partial charge >= 0.3 is 0 Å². The summed E-state index contributed by atoms with van der Waals surface area (Å²) in [6, 6.07) is 7.42. The van der Waals surface area contributed by atoms with Crippen LogP contribution in [0.4, 0.5) is 0 Å². The lowest BCUT2D eigenvalue weighted by molar-refractivity contribution is 0.567. The van der Waals surface area contributed by atoms with Gasteiger partial charge in [0.1, 0.15) is 18.4 Å². The molecule has 0 spiro atoms. The van der Waals surface area contributed by atoms with Gasteiger partial charge in [0.2, 0.25) is 11.1 Å². The second-order valence-electron chi connectivity index (χ2n) is 3.26. The summed E-state index contributed by atoms with van der Waals surface area (Å²) < 4.78 is 17.7. The zero-order chi connectivity index (χ0) is 11.4. The van der Waals surface area contributed by atoms with Gasteiger partial charge in [0.15, 0.2) is 0 Å². The molecule has 1 unspecified atom stereocenters. The molecule has 2 rings (SSSR count). The molecule has 1 atom stereocenters. The monoisotopic (exact) mass is 237 g/mol. The molecule has 0 fully saturated rings. The maximum absolute atomic E-state index is 10.8. The minimum atomic E-state index is -1.28. The van der Waals surface area contributed by atoms with E-state index in [9.17, 15) is 4.21 Å². The summed E-state index contributed by atoms with van der Waals surface area (Å²) in [6.45, 7) is 0.711. The van der Waals surface area contributed by atoms with Crippen LogP contribution in [0.2, 0.25) is 0 Å². The van der Waals surface area contributed by atoms with Gasteiger partial charge in [-0.3, -0.25) is 0 Å². The summed E-state index contributed by atoms with van der Waals surface area (Å²) >= 11 is -1.28. The molecule has 0 amide bonds. The van der Waals surface area contributed by atoms with Crippen LogP contribution in [0.1, 0.15) is 5.56 Å². The molecule has 1 aromatic heterocycles. The highest BCUT2D eigenvalue weighted by Crippen LogP contribution is 2.13. The van der Waals surface area contributed by atoms with Gasteiger partial charge in [0.25, 0.3) is 0 Å². The third kappa shape index (κ3) is 2.90. The topological polar surface area (TPSA) is 57.0 Å². The Labute approximate surface area is 95.7 Å². The molecular formula is C10H11N3O2S. The van der Waals surface area contributed by atoms with E-state index in [0.29, 0.717) is 12.3 Å². The fraction of sp³-hybridized carbons (Fsp3) is 0.200. The van der Waals surface area contributed by atoms with E-state index in [1.165, 1.54) is 6.26 Å². The smallest absolute Gasteiger partial charge is 0.203 e. The molecule has 0 aliphatic carbocycles. The van der Waals surface area contributed by atoms with Gasteiger partial charge in [-0.15, -0.1) is 10.2 Å². The zero-order valence-electron chi connectivity index (χ0n) is 8.74. The van der Waals surface area contributed by atoms with E-state index < -0.39 is 11.1 Å². The largest absolute Gasteiger partial charge is 0.401 e. The van der Waals surface area contributed by atoms with E-state index in [1.807, 2.05) is 16.7 Å². The first kappa shape index (κ1) is 10.8. The van der Waals surface area contributed by atoms with Crippen molar-refractivity contribution in [3.8, 4) is 5.75 Å². The van der Waals surface area contributed by atoms with E-state index in [2.05, 4.69) is 10.2 Å². The van der Waals surface area contributed by atoms with Crippen molar-refractivity contribution in [2.75, 3.05) is 6.26 Å². The molecule has 0 N–H and O–H groups in total. The number of aromatic nitrogens is 3. The summed E-state index contributed by atoms with van der Waals surface area (Å²) in [5, 5.41) is 7.45. The second-order valence-corrected chi connectivity index (χ2v) is 4.23. The van der Waals surface area contributed by atoms with Crippen molar-refractivity contribution in [1.29, 1.82) is 0 Å². The van der Waals surface area contributed by atoms with Crippen LogP contribution in [-0.2, 0) is 17.6 Å². The first-order valence-corrected chi connectivity index (χ1v) is 6.15. The van der Waals surface area contributed by atoms with Gasteiger partial charge in [0, 0.05) is 12.8 Å². The van der Waals surface area contributed by atoms with Crippen LogP contribution in [-0.4, -0.2) is 25.2 Å². The van der Waals surface area contributed by atoms with Gasteiger partial charge < -0.3 is 8.75 Å². The standard InChI is InChI=1S/C10H11N3O2S/c1-16(14)15-10-4-2-9(3-5-10)6-13-7-11-12-8-13/h2-5,7-8H,6H2,1H3. The van der Waals surface area contributed by atoms with Gasteiger partial charge in [-0.2, -0.15) is 0 Å². The summed E-state index contributed by atoms with van der Waals surface area (Å²) in [4.78, 5) is 0. The van der Waals surface area contributed by atoms with Crippen molar-refractivity contribution < 1.29 is 8.39 Å². The molecule has 0 saturated carbocycles. The van der Waals surface area contributed by atoms with Crippen molar-refractivity contribution in [3.05, 3.63) is 42.5 Å². The molecule has 2 aromatic rings. The van der Waals surface area contributed by atoms with Crippen LogP contribution in [0, 0.1) is 0 Å². The minimum absolute atomic E-state index is 0.605. The third-order valence-electron chi connectivity index (χ3n) is 1.97. The fourth-order valence-corrected chi connectivity index (χ4v) is 1.68. The molecule has 0 aliphatic rings. The zero-order valence-corrected chi connectivity index (χ0v) is 9.55. The Bertz CT molecular complexity index is 467. The average Bonchev–Trinajstić information content (AvgIpc) is 2.73. The van der Waals surface area contributed by atoms with Crippen LogP contribution in [0.3, 0.4) is 0 Å². The van der Waals surface area contributed by atoms with Crippen LogP contribution in [0.25, 0.3) is 0 Å². The molecule has 16 heavy (non-hydrogen) atoms. The van der Waals surface area contributed by atoms with E-state index in [0.717, 1.165) is 5.56 Å². The lowest BCUT2D eigenvalue weighted by atomic mass is 10.2. The van der Waals surface area contributed by atoms with Crippen LogP contribution < -0.4 is 4.18 Å². The van der Waals surface area contributed by atoms with Crippen LogP contribution >= 0.6 is 0 Å². The molecule has 84 valence electrons. The minimum Gasteiger partial charge on any atom is -0.401 e. The highest BCUT2D eigenvalue weighted by molar-refractivity contribution is 7.79. The predicted molar refractivity (Wildman–Crippen MR) is 60.3 cm³/mol. The molecule has 0 saturated heterocycles. The number of nitrogens with zero attached hydrogens (tertiary/aromatic N) is 3. The molecule has 0 radical (unpaired) electrons. The van der Waals surface area contributed by atoms with Crippen LogP contribution in [0.15, 0.2) is 36.9 Å². The third-order valence-corrected chi connectivity index (χ3v) is 2.40. The summed E-state index contributed by atoms with van der Waals surface area (Å²) in [7, 11) is 0. The van der Waals surface area contributed by atoms with E-state index >= 15 is 0 Å². The molecule has 1 heterocycles. The number of rotatable bonds is 4. The Hall–Kier alpha value is -1.69. The Kier molecular flexibility index (Phi) is 3.31. The lowest BCUT2D eigenvalue weighted by Crippen LogP contribution is -1.98. The van der Waals surface area contributed by atoms with Crippen molar-refractivity contribution in [3.63, 3.8) is 0 Å². The highest BCUT2D eigenvalue weighted by atomic mass is 32.2. The molecular weight excluding hydrogens is 226 g/mol. The summed E-state index contributed by atoms with van der Waals surface area (Å²) in [6.07, 6.45) is 4.81. The van der Waals surface area contributed by atoms with Gasteiger partial charge in [-0.25, -0.2) is 4.21 Å². The first-order valence-electron chi connectivity index (χ1n) is 4.67. The fourth-order valence-electron chi connectivity index (χ4n) is 1.30. The molecule has 5 nitrogen and oxygen atoms in total. The average molecular weight is 237 g/mol. The van der Waals surface area contributed by atoms with Crippen molar-refractivity contribution in [1.82, 2.24) is 14.8 Å². The van der Waals surface area contributed by atoms with E-state index in [1.54, 1.807) is 24.8 Å². The lowest BCUT2D eigenvalue weighted by Gasteiger charge is -2.04. The second kappa shape index (κ2) is 4.89. The summed E-state index contributed by atoms with van der Waals surface area (Å²) in [5.74, 6) is 0.605.